The molecule has 0 N–H and O–H groups in total. The molecule has 0 spiro atoms. The Morgan fingerprint density at radius 3 is 1.47 bits per heavy atom. The van der Waals surface area contributed by atoms with Gasteiger partial charge in [0.25, 0.3) is 0 Å². The summed E-state index contributed by atoms with van der Waals surface area (Å²) in [6.07, 6.45) is 6.00. The second-order valence-corrected chi connectivity index (χ2v) is 10.6. The summed E-state index contributed by atoms with van der Waals surface area (Å²) in [6, 6.07) is 0.403. The molecule has 0 atom stereocenters. The van der Waals surface area contributed by atoms with Crippen molar-refractivity contribution in [3.8, 4) is 0 Å². The molecule has 3 aliphatic rings. The smallest absolute Gasteiger partial charge is 0.222 e. The lowest BCUT2D eigenvalue weighted by molar-refractivity contribution is -0.138. The van der Waals surface area contributed by atoms with E-state index in [0.29, 0.717) is 23.4 Å². The first-order valence-electron chi connectivity index (χ1n) is 11.3. The van der Waals surface area contributed by atoms with E-state index in [1.54, 1.807) is 0 Å². The summed E-state index contributed by atoms with van der Waals surface area (Å²) in [4.78, 5) is 28.6. The van der Waals surface area contributed by atoms with Crippen molar-refractivity contribution < 1.29 is 9.59 Å². The Balaban J connectivity index is 0.000000416. The molecule has 3 heterocycles. The van der Waals surface area contributed by atoms with E-state index in [4.69, 9.17) is 0 Å². The summed E-state index contributed by atoms with van der Waals surface area (Å²) in [6.45, 7) is 24.1. The maximum absolute atomic E-state index is 11.4. The van der Waals surface area contributed by atoms with Crippen molar-refractivity contribution in [2.75, 3.05) is 19.6 Å². The molecule has 5 heteroatoms. The van der Waals surface area contributed by atoms with Crippen LogP contribution in [0.3, 0.4) is 0 Å². The van der Waals surface area contributed by atoms with Gasteiger partial charge < -0.3 is 14.7 Å². The van der Waals surface area contributed by atoms with Crippen LogP contribution in [0, 0.1) is 0 Å². The Labute approximate surface area is 186 Å². The molecular weight excluding hydrogens is 374 g/mol. The van der Waals surface area contributed by atoms with Gasteiger partial charge in [0.1, 0.15) is 0 Å². The average Bonchev–Trinajstić information content (AvgIpc) is 2.99. The monoisotopic (exact) mass is 423 g/mol. The van der Waals surface area contributed by atoms with Crippen molar-refractivity contribution in [1.82, 2.24) is 14.7 Å². The SMILES string of the molecule is C.C=C1CCN1C(C)(C)C.CC(C)(C)N1CCCCC1=O.CC(C)N1CCCC1=O. The minimum atomic E-state index is 0. The predicted octanol–water partition coefficient (Wildman–Crippen LogP) is 5.46. The third-order valence-corrected chi connectivity index (χ3v) is 5.68. The van der Waals surface area contributed by atoms with Crippen molar-refractivity contribution in [2.24, 2.45) is 0 Å². The van der Waals surface area contributed by atoms with Gasteiger partial charge in [-0.2, -0.15) is 0 Å². The quantitative estimate of drug-likeness (QED) is 0.563. The van der Waals surface area contributed by atoms with Gasteiger partial charge in [-0.1, -0.05) is 14.0 Å². The zero-order valence-electron chi connectivity index (χ0n) is 20.3. The molecule has 176 valence electrons. The number of nitrogens with zero attached hydrogens (tertiary/aromatic N) is 3. The Kier molecular flexibility index (Phi) is 11.2. The Hall–Kier alpha value is -1.52. The zero-order valence-corrected chi connectivity index (χ0v) is 20.3. The molecule has 30 heavy (non-hydrogen) atoms. The molecule has 0 aromatic heterocycles. The second-order valence-electron chi connectivity index (χ2n) is 10.6. The molecule has 0 unspecified atom stereocenters. The molecule has 0 aromatic rings. The third-order valence-electron chi connectivity index (χ3n) is 5.68. The molecule has 5 nitrogen and oxygen atoms in total. The third kappa shape index (κ3) is 8.69. The lowest BCUT2D eigenvalue weighted by Crippen LogP contribution is -2.47. The van der Waals surface area contributed by atoms with Gasteiger partial charge in [-0.05, 0) is 74.7 Å². The number of amides is 2. The molecule has 3 fully saturated rings. The highest BCUT2D eigenvalue weighted by Gasteiger charge is 2.29. The van der Waals surface area contributed by atoms with Crippen LogP contribution < -0.4 is 0 Å². The van der Waals surface area contributed by atoms with Crippen LogP contribution >= 0.6 is 0 Å². The highest BCUT2D eigenvalue weighted by atomic mass is 16.2. The van der Waals surface area contributed by atoms with Gasteiger partial charge in [-0.15, -0.1) is 0 Å². The van der Waals surface area contributed by atoms with E-state index < -0.39 is 0 Å². The maximum Gasteiger partial charge on any atom is 0.222 e. The van der Waals surface area contributed by atoms with Crippen LogP contribution in [0.15, 0.2) is 12.3 Å². The molecule has 3 saturated heterocycles. The predicted molar refractivity (Wildman–Crippen MR) is 128 cm³/mol. The van der Waals surface area contributed by atoms with Gasteiger partial charge in [0.2, 0.25) is 11.8 Å². The highest BCUT2D eigenvalue weighted by molar-refractivity contribution is 5.78. The lowest BCUT2D eigenvalue weighted by Gasteiger charge is -2.46. The van der Waals surface area contributed by atoms with Gasteiger partial charge in [-0.3, -0.25) is 9.59 Å². The van der Waals surface area contributed by atoms with Gasteiger partial charge >= 0.3 is 0 Å². The largest absolute Gasteiger partial charge is 0.370 e. The Morgan fingerprint density at radius 1 is 0.733 bits per heavy atom. The number of carbonyl (C=O) groups is 2. The summed E-state index contributed by atoms with van der Waals surface area (Å²) in [5, 5.41) is 0. The van der Waals surface area contributed by atoms with E-state index in [-0.39, 0.29) is 13.0 Å². The van der Waals surface area contributed by atoms with E-state index in [1.165, 1.54) is 25.1 Å². The lowest BCUT2D eigenvalue weighted by atomic mass is 9.98. The highest BCUT2D eigenvalue weighted by Crippen LogP contribution is 2.28. The Morgan fingerprint density at radius 2 is 1.27 bits per heavy atom. The summed E-state index contributed by atoms with van der Waals surface area (Å²) >= 11 is 0. The molecule has 3 aliphatic heterocycles. The van der Waals surface area contributed by atoms with E-state index in [1.807, 2.05) is 9.80 Å². The van der Waals surface area contributed by atoms with Crippen LogP contribution in [0.2, 0.25) is 0 Å². The standard InChI is InChI=1S/C9H17NO.C8H15N.C7H13NO.CH4/c1-9(2,3)10-7-5-4-6-8(10)11;1-7-5-6-9(7)8(2,3)4;1-6(2)8-5-3-4-7(8)9;/h4-7H2,1-3H3;1,5-6H2,2-4H3;6H,3-5H2,1-2H3;1H4. The summed E-state index contributed by atoms with van der Waals surface area (Å²) in [5.74, 6) is 0.647. The average molecular weight is 424 g/mol. The number of hydrogen-bond donors (Lipinski definition) is 0. The summed E-state index contributed by atoms with van der Waals surface area (Å²) in [5.41, 5.74) is 1.62. The number of rotatable bonds is 1. The van der Waals surface area contributed by atoms with Gasteiger partial charge in [0.05, 0.1) is 0 Å². The van der Waals surface area contributed by atoms with Crippen molar-refractivity contribution >= 4 is 11.8 Å². The molecule has 0 aromatic carbocycles. The topological polar surface area (TPSA) is 43.9 Å². The first-order valence-corrected chi connectivity index (χ1v) is 11.3. The van der Waals surface area contributed by atoms with Gasteiger partial charge in [0.15, 0.2) is 0 Å². The zero-order chi connectivity index (χ0) is 22.4. The van der Waals surface area contributed by atoms with Crippen LogP contribution in [0.4, 0.5) is 0 Å². The molecular formula is C25H49N3O2. The molecule has 2 amide bonds. The first-order chi connectivity index (χ1) is 13.2. The second kappa shape index (κ2) is 11.8. The van der Waals surface area contributed by atoms with Crippen molar-refractivity contribution in [1.29, 1.82) is 0 Å². The molecule has 0 radical (unpaired) electrons. The fourth-order valence-corrected chi connectivity index (χ4v) is 3.92. The summed E-state index contributed by atoms with van der Waals surface area (Å²) in [7, 11) is 0. The van der Waals surface area contributed by atoms with Crippen molar-refractivity contribution in [3.63, 3.8) is 0 Å². The van der Waals surface area contributed by atoms with Crippen LogP contribution in [0.1, 0.15) is 101 Å². The van der Waals surface area contributed by atoms with E-state index in [0.717, 1.165) is 38.8 Å². The number of carbonyl (C=O) groups excluding carboxylic acids is 2. The number of likely N-dealkylation sites (tertiary alicyclic amines) is 3. The molecule has 0 aliphatic carbocycles. The van der Waals surface area contributed by atoms with E-state index in [2.05, 4.69) is 66.9 Å². The van der Waals surface area contributed by atoms with Gasteiger partial charge in [-0.25, -0.2) is 0 Å². The fourth-order valence-electron chi connectivity index (χ4n) is 3.92. The first kappa shape index (κ1) is 28.5. The minimum Gasteiger partial charge on any atom is -0.370 e. The van der Waals surface area contributed by atoms with Gasteiger partial charge in [0, 0.05) is 61.7 Å². The summed E-state index contributed by atoms with van der Waals surface area (Å²) < 4.78 is 0. The number of hydrogen-bond acceptors (Lipinski definition) is 3. The van der Waals surface area contributed by atoms with Crippen molar-refractivity contribution in [3.05, 3.63) is 12.3 Å². The van der Waals surface area contributed by atoms with E-state index >= 15 is 0 Å². The normalized spacial score (nSPS) is 19.5. The van der Waals surface area contributed by atoms with Crippen LogP contribution in [0.25, 0.3) is 0 Å². The van der Waals surface area contributed by atoms with Crippen molar-refractivity contribution in [2.45, 2.75) is 118 Å². The van der Waals surface area contributed by atoms with E-state index in [9.17, 15) is 9.59 Å². The van der Waals surface area contributed by atoms with Crippen LogP contribution in [-0.2, 0) is 9.59 Å². The molecule has 0 saturated carbocycles. The minimum absolute atomic E-state index is 0. The van der Waals surface area contributed by atoms with Crippen LogP contribution in [-0.4, -0.2) is 63.3 Å². The Bertz CT molecular complexity index is 570. The maximum atomic E-state index is 11.4. The van der Waals surface area contributed by atoms with Crippen LogP contribution in [0.5, 0.6) is 0 Å². The molecule has 3 rings (SSSR count). The number of piperidine rings is 1. The fraction of sp³-hybridized carbons (Fsp3) is 0.840. The molecule has 0 bridgehead atoms.